The van der Waals surface area contributed by atoms with Crippen molar-refractivity contribution in [3.8, 4) is 5.69 Å². The van der Waals surface area contributed by atoms with Gasteiger partial charge in [-0.05, 0) is 42.5 Å². The fourth-order valence-corrected chi connectivity index (χ4v) is 5.21. The summed E-state index contributed by atoms with van der Waals surface area (Å²) in [6.45, 7) is 3.26. The summed E-state index contributed by atoms with van der Waals surface area (Å²) < 4.78 is 2.22. The van der Waals surface area contributed by atoms with E-state index in [1.807, 2.05) is 48.3 Å². The molecule has 6 heteroatoms. The first kappa shape index (κ1) is 16.9. The highest BCUT2D eigenvalue weighted by Crippen LogP contribution is 2.47. The van der Waals surface area contributed by atoms with Crippen molar-refractivity contribution >= 4 is 28.5 Å². The lowest BCUT2D eigenvalue weighted by molar-refractivity contribution is 0.312. The molecule has 0 saturated carbocycles. The van der Waals surface area contributed by atoms with E-state index < -0.39 is 0 Å². The van der Waals surface area contributed by atoms with E-state index in [-0.39, 0.29) is 12.1 Å². The molecule has 0 unspecified atom stereocenters. The maximum absolute atomic E-state index is 6.25. The molecule has 1 fully saturated rings. The number of nitrogens with zero attached hydrogens (tertiary/aromatic N) is 4. The zero-order valence-electron chi connectivity index (χ0n) is 14.9. The van der Waals surface area contributed by atoms with Crippen LogP contribution in [-0.4, -0.2) is 31.4 Å². The number of amidine groups is 1. The van der Waals surface area contributed by atoms with Crippen LogP contribution in [0.2, 0.25) is 5.02 Å². The zero-order valence-corrected chi connectivity index (χ0v) is 16.4. The molecule has 3 aromatic rings. The largest absolute Gasteiger partial charge is 0.339 e. The monoisotopic (exact) mass is 394 g/mol. The van der Waals surface area contributed by atoms with E-state index in [2.05, 4.69) is 51.8 Å². The molecule has 2 aromatic heterocycles. The number of benzene rings is 1. The molecule has 3 atom stereocenters. The van der Waals surface area contributed by atoms with Crippen LogP contribution in [0, 0.1) is 0 Å². The Hall–Kier alpha value is -2.24. The second-order valence-corrected chi connectivity index (χ2v) is 8.76. The number of aromatic nitrogens is 2. The van der Waals surface area contributed by atoms with Crippen LogP contribution >= 0.6 is 23.4 Å². The zero-order chi connectivity index (χ0) is 18.4. The molecular weight excluding hydrogens is 376 g/mol. The summed E-state index contributed by atoms with van der Waals surface area (Å²) in [5, 5.41) is 2.41. The van der Waals surface area contributed by atoms with Crippen LogP contribution in [0.1, 0.15) is 30.4 Å². The predicted octanol–water partition coefficient (Wildman–Crippen LogP) is 5.12. The maximum Gasteiger partial charge on any atom is 0.160 e. The Morgan fingerprint density at radius 3 is 2.85 bits per heavy atom. The van der Waals surface area contributed by atoms with E-state index in [1.54, 1.807) is 0 Å². The molecule has 1 aromatic carbocycles. The van der Waals surface area contributed by atoms with Gasteiger partial charge < -0.3 is 9.47 Å². The first-order valence-electron chi connectivity index (χ1n) is 9.06. The topological polar surface area (TPSA) is 33.4 Å². The molecule has 136 valence electrons. The normalized spacial score (nSPS) is 24.1. The second-order valence-electron chi connectivity index (χ2n) is 6.92. The van der Waals surface area contributed by atoms with E-state index in [0.717, 1.165) is 28.1 Å². The van der Waals surface area contributed by atoms with Crippen molar-refractivity contribution in [1.29, 1.82) is 0 Å². The van der Waals surface area contributed by atoms with Gasteiger partial charge in [-0.3, -0.25) is 9.98 Å². The van der Waals surface area contributed by atoms with Crippen LogP contribution in [0.15, 0.2) is 72.0 Å². The molecule has 27 heavy (non-hydrogen) atoms. The minimum Gasteiger partial charge on any atom is -0.339 e. The Kier molecular flexibility index (Phi) is 4.21. The van der Waals surface area contributed by atoms with Crippen LogP contribution < -0.4 is 0 Å². The number of fused-ring (bicyclic) bond motifs is 1. The molecule has 2 aliphatic heterocycles. The molecule has 0 amide bonds. The van der Waals surface area contributed by atoms with Gasteiger partial charge in [-0.15, -0.1) is 0 Å². The predicted molar refractivity (Wildman–Crippen MR) is 112 cm³/mol. The van der Waals surface area contributed by atoms with Gasteiger partial charge in [0.2, 0.25) is 0 Å². The van der Waals surface area contributed by atoms with Crippen molar-refractivity contribution in [2.75, 3.05) is 6.54 Å². The molecule has 5 rings (SSSR count). The van der Waals surface area contributed by atoms with Gasteiger partial charge in [0.25, 0.3) is 0 Å². The quantitative estimate of drug-likeness (QED) is 0.618. The van der Waals surface area contributed by atoms with E-state index >= 15 is 0 Å². The minimum atomic E-state index is -0.00552. The SMILES string of the molecule is C[C@@H]1CN2C(=N[C@H](c3ccccn3)[C@H]2c2cccn2-c2cccc(Cl)c2)S1. The lowest BCUT2D eigenvalue weighted by Gasteiger charge is -2.28. The van der Waals surface area contributed by atoms with Gasteiger partial charge in [-0.2, -0.15) is 0 Å². The number of halogens is 1. The summed E-state index contributed by atoms with van der Waals surface area (Å²) in [4.78, 5) is 12.1. The van der Waals surface area contributed by atoms with Crippen LogP contribution in [-0.2, 0) is 0 Å². The number of aliphatic imine (C=N–C) groups is 1. The Labute approximate surface area is 167 Å². The van der Waals surface area contributed by atoms with E-state index in [4.69, 9.17) is 16.6 Å². The summed E-state index contributed by atoms with van der Waals surface area (Å²) in [5.41, 5.74) is 3.29. The van der Waals surface area contributed by atoms with Gasteiger partial charge in [-0.25, -0.2) is 0 Å². The third-order valence-electron chi connectivity index (χ3n) is 5.05. The number of rotatable bonds is 3. The molecule has 1 saturated heterocycles. The Morgan fingerprint density at radius 2 is 2.04 bits per heavy atom. The van der Waals surface area contributed by atoms with E-state index in [9.17, 15) is 0 Å². The molecule has 4 nitrogen and oxygen atoms in total. The second kappa shape index (κ2) is 6.73. The fraction of sp³-hybridized carbons (Fsp3) is 0.238. The van der Waals surface area contributed by atoms with Gasteiger partial charge in [0, 0.05) is 40.6 Å². The first-order chi connectivity index (χ1) is 13.2. The minimum absolute atomic E-state index is 0.00552. The highest BCUT2D eigenvalue weighted by molar-refractivity contribution is 8.14. The van der Waals surface area contributed by atoms with Crippen molar-refractivity contribution in [3.63, 3.8) is 0 Å². The summed E-state index contributed by atoms with van der Waals surface area (Å²) in [6.07, 6.45) is 3.95. The smallest absolute Gasteiger partial charge is 0.160 e. The third kappa shape index (κ3) is 2.95. The fourth-order valence-electron chi connectivity index (χ4n) is 3.93. The highest BCUT2D eigenvalue weighted by atomic mass is 35.5. The van der Waals surface area contributed by atoms with Gasteiger partial charge in [0.05, 0.1) is 11.7 Å². The standard InChI is InChI=1S/C21H19ClN4S/c1-14-13-26-20(19(24-21(26)27-14)17-8-2-3-10-23-17)18-9-5-11-25(18)16-7-4-6-15(22)12-16/h2-12,14,19-20H,13H2,1H3/t14-,19-,20-/m1/s1. The number of pyridine rings is 1. The van der Waals surface area contributed by atoms with Crippen molar-refractivity contribution in [2.24, 2.45) is 4.99 Å². The van der Waals surface area contributed by atoms with Crippen LogP contribution in [0.4, 0.5) is 0 Å². The summed E-state index contributed by atoms with van der Waals surface area (Å²) in [6, 6.07) is 18.4. The Bertz CT molecular complexity index is 1000. The van der Waals surface area contributed by atoms with Crippen LogP contribution in [0.5, 0.6) is 0 Å². The van der Waals surface area contributed by atoms with Crippen molar-refractivity contribution < 1.29 is 0 Å². The molecule has 0 radical (unpaired) electrons. The lowest BCUT2D eigenvalue weighted by atomic mass is 10.0. The van der Waals surface area contributed by atoms with E-state index in [0.29, 0.717) is 5.25 Å². The van der Waals surface area contributed by atoms with Gasteiger partial charge >= 0.3 is 0 Å². The molecular formula is C21H19ClN4S. The summed E-state index contributed by atoms with van der Waals surface area (Å²) >= 11 is 8.10. The number of hydrogen-bond donors (Lipinski definition) is 0. The van der Waals surface area contributed by atoms with E-state index in [1.165, 1.54) is 5.69 Å². The molecule has 0 spiro atoms. The molecule has 0 bridgehead atoms. The number of thioether (sulfide) groups is 1. The lowest BCUT2D eigenvalue weighted by Crippen LogP contribution is -2.30. The summed E-state index contributed by atoms with van der Waals surface area (Å²) in [7, 11) is 0. The van der Waals surface area contributed by atoms with Crippen LogP contribution in [0.25, 0.3) is 5.69 Å². The molecule has 4 heterocycles. The average molecular weight is 395 g/mol. The Morgan fingerprint density at radius 1 is 1.11 bits per heavy atom. The molecule has 0 N–H and O–H groups in total. The molecule has 2 aliphatic rings. The van der Waals surface area contributed by atoms with Gasteiger partial charge in [0.1, 0.15) is 6.04 Å². The van der Waals surface area contributed by atoms with Crippen molar-refractivity contribution in [1.82, 2.24) is 14.5 Å². The first-order valence-corrected chi connectivity index (χ1v) is 10.3. The van der Waals surface area contributed by atoms with Gasteiger partial charge in [0.15, 0.2) is 5.17 Å². The van der Waals surface area contributed by atoms with Crippen LogP contribution in [0.3, 0.4) is 0 Å². The average Bonchev–Trinajstić information content (AvgIpc) is 3.36. The molecule has 0 aliphatic carbocycles. The highest BCUT2D eigenvalue weighted by Gasteiger charge is 2.44. The number of hydrogen-bond acceptors (Lipinski definition) is 4. The third-order valence-corrected chi connectivity index (χ3v) is 6.39. The Balaban J connectivity index is 1.62. The summed E-state index contributed by atoms with van der Waals surface area (Å²) in [5.74, 6) is 0. The maximum atomic E-state index is 6.25. The van der Waals surface area contributed by atoms with Crippen molar-refractivity contribution in [3.05, 3.63) is 83.4 Å². The van der Waals surface area contributed by atoms with Gasteiger partial charge in [-0.1, -0.05) is 42.4 Å². The van der Waals surface area contributed by atoms with Crippen molar-refractivity contribution in [2.45, 2.75) is 24.3 Å².